The minimum atomic E-state index is -2.40. The minimum absolute atomic E-state index is 0.286. The van der Waals surface area contributed by atoms with E-state index >= 15 is 0 Å². The van der Waals surface area contributed by atoms with Crippen molar-refractivity contribution >= 4 is 27.9 Å². The topological polar surface area (TPSA) is 26.3 Å². The molecule has 0 aliphatic rings. The Morgan fingerprint density at radius 2 is 1.25 bits per heavy atom. The Morgan fingerprint density at radius 1 is 0.750 bits per heavy atom. The fraction of sp³-hybridized carbons (Fsp3) is 0.480. The summed E-state index contributed by atoms with van der Waals surface area (Å²) in [6.07, 6.45) is 7.91. The summed E-state index contributed by atoms with van der Waals surface area (Å²) in [7, 11) is 0. The first kappa shape index (κ1) is 23.0. The Morgan fingerprint density at radius 3 is 1.71 bits per heavy atom. The molecule has 0 amide bonds. The van der Waals surface area contributed by atoms with Crippen LogP contribution in [0.2, 0.25) is 13.3 Å². The van der Waals surface area contributed by atoms with Crippen LogP contribution >= 0.6 is 0 Å². The molecule has 0 unspecified atom stereocenters. The van der Waals surface area contributed by atoms with Crippen LogP contribution in [-0.2, 0) is 0 Å². The van der Waals surface area contributed by atoms with Crippen molar-refractivity contribution in [3.05, 3.63) is 60.2 Å². The molecule has 0 fully saturated rings. The van der Waals surface area contributed by atoms with Gasteiger partial charge in [0.15, 0.2) is 0 Å². The normalized spacial score (nSPS) is 11.4. The van der Waals surface area contributed by atoms with Crippen molar-refractivity contribution in [1.82, 2.24) is 0 Å². The molecule has 0 aliphatic heterocycles. The Labute approximate surface area is 175 Å². The number of esters is 1. The second kappa shape index (κ2) is 12.3. The van der Waals surface area contributed by atoms with Crippen LogP contribution in [0.3, 0.4) is 0 Å². The molecule has 152 valence electrons. The third-order valence-electron chi connectivity index (χ3n) is 5.71. The molecule has 3 heteroatoms. The van der Waals surface area contributed by atoms with Crippen LogP contribution in [0.1, 0.15) is 69.7 Å². The van der Waals surface area contributed by atoms with E-state index in [1.807, 2.05) is 30.3 Å². The van der Waals surface area contributed by atoms with Crippen LogP contribution in [0, 0.1) is 0 Å². The number of benzene rings is 2. The molecule has 0 bridgehead atoms. The van der Waals surface area contributed by atoms with E-state index in [1.165, 1.54) is 51.8 Å². The number of hydrogen-bond acceptors (Lipinski definition) is 2. The van der Waals surface area contributed by atoms with Crippen LogP contribution in [0.4, 0.5) is 0 Å². The molecular weight excluding hydrogens is 451 g/mol. The average molecular weight is 487 g/mol. The van der Waals surface area contributed by atoms with Crippen molar-refractivity contribution in [3.63, 3.8) is 0 Å². The third-order valence-corrected chi connectivity index (χ3v) is 21.4. The van der Waals surface area contributed by atoms with Crippen molar-refractivity contribution in [3.8, 4) is 5.75 Å². The first-order valence-corrected chi connectivity index (χ1v) is 18.5. The molecule has 0 heterocycles. The zero-order valence-electron chi connectivity index (χ0n) is 17.9. The van der Waals surface area contributed by atoms with Gasteiger partial charge < -0.3 is 0 Å². The van der Waals surface area contributed by atoms with E-state index < -0.39 is 18.4 Å². The first-order valence-electron chi connectivity index (χ1n) is 11.0. The van der Waals surface area contributed by atoms with Crippen LogP contribution in [0.25, 0.3) is 0 Å². The molecule has 0 spiro atoms. The van der Waals surface area contributed by atoms with Crippen molar-refractivity contribution in [2.75, 3.05) is 0 Å². The number of carbonyl (C=O) groups excluding carboxylic acids is 1. The summed E-state index contributed by atoms with van der Waals surface area (Å²) in [4.78, 5) is 12.3. The van der Waals surface area contributed by atoms with Crippen molar-refractivity contribution in [2.24, 2.45) is 0 Å². The van der Waals surface area contributed by atoms with Crippen LogP contribution < -0.4 is 8.32 Å². The monoisotopic (exact) mass is 488 g/mol. The summed E-state index contributed by atoms with van der Waals surface area (Å²) in [5, 5.41) is 0. The van der Waals surface area contributed by atoms with Crippen LogP contribution in [-0.4, -0.2) is 24.3 Å². The summed E-state index contributed by atoms with van der Waals surface area (Å²) >= 11 is -2.40. The molecule has 0 saturated carbocycles. The SMILES string of the molecule is CCC[CH2][Sn]([CH2]CCC)([CH2]CCC)[c]1ccc(OC(=O)c2ccccc2)cc1. The summed E-state index contributed by atoms with van der Waals surface area (Å²) < 4.78 is 11.6. The van der Waals surface area contributed by atoms with Crippen LogP contribution in [0.15, 0.2) is 54.6 Å². The molecule has 0 saturated heterocycles. The summed E-state index contributed by atoms with van der Waals surface area (Å²) in [5.41, 5.74) is 0.592. The summed E-state index contributed by atoms with van der Waals surface area (Å²) in [6, 6.07) is 17.8. The van der Waals surface area contributed by atoms with E-state index in [-0.39, 0.29) is 5.97 Å². The van der Waals surface area contributed by atoms with Gasteiger partial charge in [0.05, 0.1) is 0 Å². The maximum atomic E-state index is 12.3. The molecule has 0 aromatic heterocycles. The van der Waals surface area contributed by atoms with Crippen molar-refractivity contribution < 1.29 is 9.53 Å². The molecule has 2 aromatic rings. The molecule has 2 nitrogen and oxygen atoms in total. The van der Waals surface area contributed by atoms with E-state index in [2.05, 4.69) is 32.9 Å². The second-order valence-corrected chi connectivity index (χ2v) is 21.1. The number of unbranched alkanes of at least 4 members (excludes halogenated alkanes) is 3. The van der Waals surface area contributed by atoms with Gasteiger partial charge >= 0.3 is 176 Å². The summed E-state index contributed by atoms with van der Waals surface area (Å²) in [5.74, 6) is 0.366. The second-order valence-electron chi connectivity index (χ2n) is 7.87. The van der Waals surface area contributed by atoms with Gasteiger partial charge in [-0.05, 0) is 0 Å². The molecule has 0 aliphatic carbocycles. The van der Waals surface area contributed by atoms with E-state index in [0.717, 1.165) is 0 Å². The van der Waals surface area contributed by atoms with E-state index in [4.69, 9.17) is 4.74 Å². The Bertz CT molecular complexity index is 672. The molecule has 0 N–H and O–H groups in total. The predicted octanol–water partition coefficient (Wildman–Crippen LogP) is 6.96. The Balaban J connectivity index is 2.19. The van der Waals surface area contributed by atoms with E-state index in [1.54, 1.807) is 15.7 Å². The van der Waals surface area contributed by atoms with Crippen molar-refractivity contribution in [2.45, 2.75) is 72.6 Å². The zero-order valence-corrected chi connectivity index (χ0v) is 20.7. The average Bonchev–Trinajstić information content (AvgIpc) is 2.75. The number of ether oxygens (including phenoxy) is 1. The van der Waals surface area contributed by atoms with Gasteiger partial charge in [0, 0.05) is 0 Å². The third kappa shape index (κ3) is 6.65. The van der Waals surface area contributed by atoms with Gasteiger partial charge in [0.2, 0.25) is 0 Å². The van der Waals surface area contributed by atoms with Gasteiger partial charge in [-0.3, -0.25) is 0 Å². The first-order chi connectivity index (χ1) is 13.6. The number of rotatable bonds is 12. The molecular formula is C25H36O2Sn. The standard InChI is InChI=1S/C13H9O2.3C4H9.Sn/c14-13(11-7-3-1-4-8-11)15-12-9-5-2-6-10-12;3*1-3-4-2;/h1,3-10H;3*1,3-4H2,2H3;. The summed E-state index contributed by atoms with van der Waals surface area (Å²) in [6.45, 7) is 6.92. The van der Waals surface area contributed by atoms with E-state index in [0.29, 0.717) is 11.3 Å². The maximum absolute atomic E-state index is 12.3. The molecule has 2 rings (SSSR count). The van der Waals surface area contributed by atoms with Gasteiger partial charge in [-0.2, -0.15) is 0 Å². The van der Waals surface area contributed by atoms with Gasteiger partial charge in [-0.15, -0.1) is 0 Å². The quantitative estimate of drug-likeness (QED) is 0.184. The van der Waals surface area contributed by atoms with Gasteiger partial charge in [0.25, 0.3) is 0 Å². The predicted molar refractivity (Wildman–Crippen MR) is 122 cm³/mol. The zero-order chi connectivity index (χ0) is 20.2. The fourth-order valence-electron chi connectivity index (χ4n) is 3.97. The van der Waals surface area contributed by atoms with E-state index in [9.17, 15) is 4.79 Å². The number of hydrogen-bond donors (Lipinski definition) is 0. The molecule has 2 aromatic carbocycles. The number of carbonyl (C=O) groups is 1. The Hall–Kier alpha value is -1.29. The Kier molecular flexibility index (Phi) is 10.1. The molecule has 0 radical (unpaired) electrons. The molecule has 0 atom stereocenters. The molecule has 28 heavy (non-hydrogen) atoms. The fourth-order valence-corrected chi connectivity index (χ4v) is 19.9. The van der Waals surface area contributed by atoms with Crippen molar-refractivity contribution in [1.29, 1.82) is 0 Å². The van der Waals surface area contributed by atoms with Gasteiger partial charge in [0.1, 0.15) is 0 Å². The van der Waals surface area contributed by atoms with Crippen LogP contribution in [0.5, 0.6) is 5.75 Å². The van der Waals surface area contributed by atoms with Gasteiger partial charge in [-0.1, -0.05) is 0 Å². The van der Waals surface area contributed by atoms with Gasteiger partial charge in [-0.25, -0.2) is 0 Å².